The third kappa shape index (κ3) is 2.22. The molecule has 0 saturated heterocycles. The summed E-state index contributed by atoms with van der Waals surface area (Å²) in [5.74, 6) is -0.178. The summed E-state index contributed by atoms with van der Waals surface area (Å²) in [6.45, 7) is 0.672. The lowest BCUT2D eigenvalue weighted by Gasteiger charge is -2.23. The second-order valence-corrected chi connectivity index (χ2v) is 5.22. The van der Waals surface area contributed by atoms with Crippen LogP contribution < -0.4 is 5.32 Å². The molecule has 0 radical (unpaired) electrons. The number of carbonyl (C=O) groups is 1. The number of hydrogen-bond donors (Lipinski definition) is 1. The van der Waals surface area contributed by atoms with Crippen molar-refractivity contribution in [1.29, 1.82) is 0 Å². The van der Waals surface area contributed by atoms with Crippen LogP contribution in [-0.4, -0.2) is 18.6 Å². The molecular weight excluding hydrogens is 226 g/mol. The van der Waals surface area contributed by atoms with E-state index in [1.165, 1.54) is 19.3 Å². The van der Waals surface area contributed by atoms with E-state index in [1.807, 2.05) is 24.3 Å². The molecule has 1 heterocycles. The Bertz CT molecular complexity index is 438. The number of para-hydroxylation sites is 1. The van der Waals surface area contributed by atoms with Crippen LogP contribution >= 0.6 is 0 Å². The molecule has 18 heavy (non-hydrogen) atoms. The van der Waals surface area contributed by atoms with Gasteiger partial charge in [-0.1, -0.05) is 24.6 Å². The van der Waals surface area contributed by atoms with Gasteiger partial charge in [-0.2, -0.15) is 0 Å². The average molecular weight is 245 g/mol. The van der Waals surface area contributed by atoms with Crippen molar-refractivity contribution in [2.24, 2.45) is 0 Å². The van der Waals surface area contributed by atoms with E-state index in [0.717, 1.165) is 24.1 Å². The third-order valence-corrected chi connectivity index (χ3v) is 3.95. The molecule has 0 aromatic heterocycles. The Morgan fingerprint density at radius 1 is 1.17 bits per heavy atom. The Morgan fingerprint density at radius 2 is 1.94 bits per heavy atom. The first-order valence-corrected chi connectivity index (χ1v) is 6.88. The molecule has 0 spiro atoms. The van der Waals surface area contributed by atoms with E-state index in [1.54, 1.807) is 0 Å². The number of nitrogens with one attached hydrogen (secondary N) is 1. The lowest BCUT2D eigenvalue weighted by molar-refractivity contribution is -0.151. The summed E-state index contributed by atoms with van der Waals surface area (Å²) < 4.78 is 5.65. The van der Waals surface area contributed by atoms with E-state index < -0.39 is 0 Å². The van der Waals surface area contributed by atoms with Gasteiger partial charge in [-0.05, 0) is 37.3 Å². The van der Waals surface area contributed by atoms with Crippen LogP contribution in [0.25, 0.3) is 0 Å². The molecule has 0 bridgehead atoms. The zero-order valence-corrected chi connectivity index (χ0v) is 10.5. The smallest absolute Gasteiger partial charge is 0.315 e. The molecule has 0 amide bonds. The fraction of sp³-hybridized carbons (Fsp3) is 0.533. The maximum atomic E-state index is 12.2. The second kappa shape index (κ2) is 5.01. The minimum Gasteiger partial charge on any atom is -0.462 e. The van der Waals surface area contributed by atoms with Crippen molar-refractivity contribution in [2.45, 2.75) is 44.1 Å². The molecule has 1 aromatic rings. The molecule has 3 rings (SSSR count). The van der Waals surface area contributed by atoms with E-state index in [4.69, 9.17) is 4.74 Å². The number of hydrogen-bond acceptors (Lipinski definition) is 3. The van der Waals surface area contributed by atoms with Gasteiger partial charge in [-0.25, -0.2) is 0 Å². The van der Waals surface area contributed by atoms with Gasteiger partial charge in [0, 0.05) is 12.2 Å². The molecule has 1 N–H and O–H groups in total. The summed E-state index contributed by atoms with van der Waals surface area (Å²) in [5, 5.41) is 3.27. The molecule has 3 heteroatoms. The first kappa shape index (κ1) is 11.6. The van der Waals surface area contributed by atoms with Crippen molar-refractivity contribution in [3.05, 3.63) is 29.8 Å². The number of anilines is 1. The Morgan fingerprint density at radius 3 is 2.78 bits per heavy atom. The highest BCUT2D eigenvalue weighted by atomic mass is 16.5. The molecule has 1 saturated carbocycles. The zero-order valence-electron chi connectivity index (χ0n) is 10.5. The van der Waals surface area contributed by atoms with Crippen molar-refractivity contribution < 1.29 is 9.53 Å². The van der Waals surface area contributed by atoms with E-state index >= 15 is 0 Å². The summed E-state index contributed by atoms with van der Waals surface area (Å²) in [4.78, 5) is 12.2. The Hall–Kier alpha value is -1.51. The molecule has 1 aliphatic carbocycles. The minimum atomic E-state index is -0.122. The zero-order chi connectivity index (χ0) is 12.4. The number of ether oxygens (including phenoxy) is 1. The van der Waals surface area contributed by atoms with Crippen LogP contribution in [0.5, 0.6) is 0 Å². The van der Waals surface area contributed by atoms with Gasteiger partial charge < -0.3 is 10.1 Å². The van der Waals surface area contributed by atoms with Crippen molar-refractivity contribution in [3.63, 3.8) is 0 Å². The Labute approximate surface area is 108 Å². The van der Waals surface area contributed by atoms with Crippen LogP contribution in [0.15, 0.2) is 24.3 Å². The molecule has 1 unspecified atom stereocenters. The van der Waals surface area contributed by atoms with Gasteiger partial charge in [0.25, 0.3) is 0 Å². The molecule has 1 aromatic carbocycles. The van der Waals surface area contributed by atoms with Crippen molar-refractivity contribution in [2.75, 3.05) is 11.9 Å². The van der Waals surface area contributed by atoms with Gasteiger partial charge in [0.05, 0.1) is 0 Å². The summed E-state index contributed by atoms with van der Waals surface area (Å²) in [7, 11) is 0. The van der Waals surface area contributed by atoms with Crippen LogP contribution in [0.1, 0.15) is 43.6 Å². The maximum Gasteiger partial charge on any atom is 0.315 e. The summed E-state index contributed by atoms with van der Waals surface area (Å²) in [6, 6.07) is 8.00. The standard InChI is InChI=1S/C15H19NO2/c17-15(18-11-6-2-1-3-7-11)13-10-16-14-9-5-4-8-12(13)14/h4-5,8-9,11,13,16H,1-3,6-7,10H2. The number of fused-ring (bicyclic) bond motifs is 1. The van der Waals surface area contributed by atoms with Gasteiger partial charge in [-0.3, -0.25) is 4.79 Å². The normalized spacial score (nSPS) is 23.2. The Balaban J connectivity index is 1.67. The first-order chi connectivity index (χ1) is 8.84. The molecule has 1 aliphatic heterocycles. The van der Waals surface area contributed by atoms with Gasteiger partial charge in [0.1, 0.15) is 12.0 Å². The molecule has 1 fully saturated rings. The highest BCUT2D eigenvalue weighted by Gasteiger charge is 2.31. The maximum absolute atomic E-state index is 12.2. The largest absolute Gasteiger partial charge is 0.462 e. The second-order valence-electron chi connectivity index (χ2n) is 5.22. The van der Waals surface area contributed by atoms with E-state index in [9.17, 15) is 4.79 Å². The Kier molecular flexibility index (Phi) is 3.22. The predicted octanol–water partition coefficient (Wildman–Crippen LogP) is 3.07. The molecular formula is C15H19NO2. The monoisotopic (exact) mass is 245 g/mol. The average Bonchev–Trinajstić information content (AvgIpc) is 2.84. The SMILES string of the molecule is O=C(OC1CCCCC1)C1CNc2ccccc21. The van der Waals surface area contributed by atoms with Crippen molar-refractivity contribution in [3.8, 4) is 0 Å². The lowest BCUT2D eigenvalue weighted by atomic mass is 9.97. The number of rotatable bonds is 2. The summed E-state index contributed by atoms with van der Waals surface area (Å²) in [6.07, 6.45) is 5.89. The van der Waals surface area contributed by atoms with Crippen LogP contribution in [0.3, 0.4) is 0 Å². The fourth-order valence-corrected chi connectivity index (χ4v) is 2.92. The van der Waals surface area contributed by atoms with Crippen LogP contribution in [0.2, 0.25) is 0 Å². The van der Waals surface area contributed by atoms with Crippen LogP contribution in [0, 0.1) is 0 Å². The highest BCUT2D eigenvalue weighted by molar-refractivity contribution is 5.84. The number of esters is 1. The highest BCUT2D eigenvalue weighted by Crippen LogP contribution is 2.33. The third-order valence-electron chi connectivity index (χ3n) is 3.95. The van der Waals surface area contributed by atoms with E-state index in [0.29, 0.717) is 6.54 Å². The molecule has 96 valence electrons. The van der Waals surface area contributed by atoms with Crippen molar-refractivity contribution >= 4 is 11.7 Å². The van der Waals surface area contributed by atoms with Gasteiger partial charge in [0.2, 0.25) is 0 Å². The van der Waals surface area contributed by atoms with Crippen LogP contribution in [0.4, 0.5) is 5.69 Å². The van der Waals surface area contributed by atoms with Crippen LogP contribution in [-0.2, 0) is 9.53 Å². The van der Waals surface area contributed by atoms with Gasteiger partial charge >= 0.3 is 5.97 Å². The molecule has 2 aliphatic rings. The number of carbonyl (C=O) groups excluding carboxylic acids is 1. The van der Waals surface area contributed by atoms with Crippen molar-refractivity contribution in [1.82, 2.24) is 0 Å². The fourth-order valence-electron chi connectivity index (χ4n) is 2.92. The summed E-state index contributed by atoms with van der Waals surface area (Å²) in [5.41, 5.74) is 2.15. The molecule has 1 atom stereocenters. The first-order valence-electron chi connectivity index (χ1n) is 6.88. The van der Waals surface area contributed by atoms with E-state index in [-0.39, 0.29) is 18.0 Å². The topological polar surface area (TPSA) is 38.3 Å². The number of benzene rings is 1. The van der Waals surface area contributed by atoms with Gasteiger partial charge in [0.15, 0.2) is 0 Å². The predicted molar refractivity (Wildman–Crippen MR) is 70.6 cm³/mol. The summed E-state index contributed by atoms with van der Waals surface area (Å²) >= 11 is 0. The quantitative estimate of drug-likeness (QED) is 0.814. The lowest BCUT2D eigenvalue weighted by Crippen LogP contribution is -2.25. The van der Waals surface area contributed by atoms with E-state index in [2.05, 4.69) is 5.32 Å². The van der Waals surface area contributed by atoms with Gasteiger partial charge in [-0.15, -0.1) is 0 Å². The molecule has 3 nitrogen and oxygen atoms in total. The minimum absolute atomic E-state index is 0.0562.